The lowest BCUT2D eigenvalue weighted by atomic mass is 10.1. The highest BCUT2D eigenvalue weighted by Crippen LogP contribution is 2.19. The van der Waals surface area contributed by atoms with Crippen LogP contribution in [-0.4, -0.2) is 21.4 Å². The zero-order chi connectivity index (χ0) is 13.7. The van der Waals surface area contributed by atoms with E-state index in [4.69, 9.17) is 10.00 Å². The third kappa shape index (κ3) is 3.55. The summed E-state index contributed by atoms with van der Waals surface area (Å²) in [6.07, 6.45) is 2.39. The summed E-state index contributed by atoms with van der Waals surface area (Å²) in [7, 11) is 0. The van der Waals surface area contributed by atoms with Crippen LogP contribution in [0, 0.1) is 25.2 Å². The number of aryl methyl sites for hydroxylation is 3. The molecule has 2 rings (SSSR count). The second-order valence-corrected chi connectivity index (χ2v) is 4.41. The average Bonchev–Trinajstić information content (AvgIpc) is 2.86. The van der Waals surface area contributed by atoms with Gasteiger partial charge in [-0.2, -0.15) is 5.26 Å². The molecule has 19 heavy (non-hydrogen) atoms. The molecular formula is C14H16N4O. The van der Waals surface area contributed by atoms with E-state index >= 15 is 0 Å². The molecule has 0 atom stereocenters. The van der Waals surface area contributed by atoms with E-state index in [9.17, 15) is 0 Å². The van der Waals surface area contributed by atoms with E-state index in [0.717, 1.165) is 17.7 Å². The van der Waals surface area contributed by atoms with E-state index in [2.05, 4.69) is 22.2 Å². The van der Waals surface area contributed by atoms with Gasteiger partial charge in [-0.05, 0) is 31.0 Å². The third-order valence-electron chi connectivity index (χ3n) is 2.77. The largest absolute Gasteiger partial charge is 0.493 e. The molecule has 1 heterocycles. The van der Waals surface area contributed by atoms with Crippen LogP contribution in [0.15, 0.2) is 24.5 Å². The van der Waals surface area contributed by atoms with Crippen molar-refractivity contribution in [2.75, 3.05) is 6.61 Å². The molecule has 0 unspecified atom stereocenters. The van der Waals surface area contributed by atoms with Gasteiger partial charge in [0, 0.05) is 13.0 Å². The van der Waals surface area contributed by atoms with Crippen LogP contribution in [0.3, 0.4) is 0 Å². The molecule has 5 nitrogen and oxygen atoms in total. The summed E-state index contributed by atoms with van der Waals surface area (Å²) in [5, 5.41) is 12.6. The Morgan fingerprint density at radius 3 is 2.95 bits per heavy atom. The minimum Gasteiger partial charge on any atom is -0.493 e. The molecule has 0 bridgehead atoms. The lowest BCUT2D eigenvalue weighted by molar-refractivity contribution is 0.296. The highest BCUT2D eigenvalue weighted by Gasteiger charge is 2.01. The molecule has 0 spiro atoms. The topological polar surface area (TPSA) is 63.7 Å². The van der Waals surface area contributed by atoms with Crippen molar-refractivity contribution in [3.8, 4) is 11.8 Å². The molecule has 0 fully saturated rings. The zero-order valence-corrected chi connectivity index (χ0v) is 11.1. The Bertz CT molecular complexity index is 598. The van der Waals surface area contributed by atoms with Crippen LogP contribution in [-0.2, 0) is 6.54 Å². The van der Waals surface area contributed by atoms with E-state index in [0.29, 0.717) is 13.2 Å². The number of nitriles is 1. The Kier molecular flexibility index (Phi) is 4.14. The number of ether oxygens (including phenoxy) is 1. The Labute approximate surface area is 112 Å². The first kappa shape index (κ1) is 13.1. The third-order valence-corrected chi connectivity index (χ3v) is 2.77. The van der Waals surface area contributed by atoms with Gasteiger partial charge in [0.2, 0.25) is 0 Å². The molecular weight excluding hydrogens is 240 g/mol. The SMILES string of the molecule is Cc1ccc(C)c(OCCCn2cnc(C#N)n2)c1. The second-order valence-electron chi connectivity index (χ2n) is 4.41. The van der Waals surface area contributed by atoms with Crippen molar-refractivity contribution in [2.24, 2.45) is 0 Å². The minimum absolute atomic E-state index is 0.204. The maximum absolute atomic E-state index is 8.61. The van der Waals surface area contributed by atoms with Crippen molar-refractivity contribution in [1.29, 1.82) is 5.26 Å². The fourth-order valence-corrected chi connectivity index (χ4v) is 1.73. The van der Waals surface area contributed by atoms with Crippen LogP contribution in [0.5, 0.6) is 5.75 Å². The number of aromatic nitrogens is 3. The van der Waals surface area contributed by atoms with Crippen molar-refractivity contribution in [1.82, 2.24) is 14.8 Å². The second kappa shape index (κ2) is 6.01. The Morgan fingerprint density at radius 2 is 2.21 bits per heavy atom. The number of rotatable bonds is 5. The van der Waals surface area contributed by atoms with Gasteiger partial charge in [-0.15, -0.1) is 5.10 Å². The highest BCUT2D eigenvalue weighted by molar-refractivity contribution is 5.35. The van der Waals surface area contributed by atoms with Gasteiger partial charge < -0.3 is 4.74 Å². The van der Waals surface area contributed by atoms with Crippen molar-refractivity contribution in [3.63, 3.8) is 0 Å². The van der Waals surface area contributed by atoms with Crippen LogP contribution < -0.4 is 4.74 Å². The summed E-state index contributed by atoms with van der Waals surface area (Å²) in [6.45, 7) is 5.39. The summed E-state index contributed by atoms with van der Waals surface area (Å²) in [5.74, 6) is 1.13. The Morgan fingerprint density at radius 1 is 1.37 bits per heavy atom. The van der Waals surface area contributed by atoms with Gasteiger partial charge in [0.05, 0.1) is 6.61 Å². The quantitative estimate of drug-likeness (QED) is 0.769. The van der Waals surface area contributed by atoms with E-state index in [1.165, 1.54) is 5.56 Å². The molecule has 0 radical (unpaired) electrons. The first-order valence-corrected chi connectivity index (χ1v) is 6.18. The fourth-order valence-electron chi connectivity index (χ4n) is 1.73. The van der Waals surface area contributed by atoms with E-state index < -0.39 is 0 Å². The van der Waals surface area contributed by atoms with Crippen molar-refractivity contribution in [3.05, 3.63) is 41.5 Å². The lowest BCUT2D eigenvalue weighted by Gasteiger charge is -2.09. The van der Waals surface area contributed by atoms with Gasteiger partial charge in [-0.25, -0.2) is 4.98 Å². The van der Waals surface area contributed by atoms with Crippen molar-refractivity contribution < 1.29 is 4.74 Å². The molecule has 0 saturated carbocycles. The van der Waals surface area contributed by atoms with Gasteiger partial charge in [0.1, 0.15) is 18.1 Å². The molecule has 2 aromatic rings. The first-order valence-electron chi connectivity index (χ1n) is 6.18. The maximum Gasteiger partial charge on any atom is 0.252 e. The molecule has 0 aliphatic rings. The molecule has 1 aromatic heterocycles. The van der Waals surface area contributed by atoms with Gasteiger partial charge >= 0.3 is 0 Å². The summed E-state index contributed by atoms with van der Waals surface area (Å²) in [4.78, 5) is 3.85. The maximum atomic E-state index is 8.61. The van der Waals surface area contributed by atoms with Crippen LogP contribution in [0.25, 0.3) is 0 Å². The van der Waals surface area contributed by atoms with Gasteiger partial charge in [0.25, 0.3) is 5.82 Å². The highest BCUT2D eigenvalue weighted by atomic mass is 16.5. The van der Waals surface area contributed by atoms with Gasteiger partial charge in [-0.3, -0.25) is 4.68 Å². The van der Waals surface area contributed by atoms with Crippen LogP contribution in [0.4, 0.5) is 0 Å². The number of hydrogen-bond donors (Lipinski definition) is 0. The average molecular weight is 256 g/mol. The number of hydrogen-bond acceptors (Lipinski definition) is 4. The summed E-state index contributed by atoms with van der Waals surface area (Å²) < 4.78 is 7.40. The standard InChI is InChI=1S/C14H16N4O/c1-11-4-5-12(2)13(8-11)19-7-3-6-18-10-16-14(9-15)17-18/h4-5,8,10H,3,6-7H2,1-2H3. The lowest BCUT2D eigenvalue weighted by Crippen LogP contribution is -2.06. The summed E-state index contributed by atoms with van der Waals surface area (Å²) in [5.41, 5.74) is 2.33. The fraction of sp³-hybridized carbons (Fsp3) is 0.357. The van der Waals surface area contributed by atoms with Crippen LogP contribution >= 0.6 is 0 Å². The summed E-state index contributed by atoms with van der Waals surface area (Å²) >= 11 is 0. The molecule has 1 aromatic carbocycles. The van der Waals surface area contributed by atoms with Crippen LogP contribution in [0.1, 0.15) is 23.4 Å². The van der Waals surface area contributed by atoms with Crippen LogP contribution in [0.2, 0.25) is 0 Å². The molecule has 0 aliphatic heterocycles. The first-order chi connectivity index (χ1) is 9.19. The van der Waals surface area contributed by atoms with Crippen molar-refractivity contribution in [2.45, 2.75) is 26.8 Å². The Hall–Kier alpha value is -2.35. The Balaban J connectivity index is 1.80. The van der Waals surface area contributed by atoms with E-state index in [1.807, 2.05) is 26.0 Å². The molecule has 0 amide bonds. The molecule has 0 N–H and O–H groups in total. The van der Waals surface area contributed by atoms with Gasteiger partial charge in [-0.1, -0.05) is 12.1 Å². The predicted octanol–water partition coefficient (Wildman–Crippen LogP) is 2.24. The molecule has 0 saturated heterocycles. The van der Waals surface area contributed by atoms with E-state index in [-0.39, 0.29) is 5.82 Å². The normalized spacial score (nSPS) is 10.2. The number of nitrogens with zero attached hydrogens (tertiary/aromatic N) is 4. The molecule has 98 valence electrons. The molecule has 5 heteroatoms. The summed E-state index contributed by atoms with van der Waals surface area (Å²) in [6, 6.07) is 8.07. The van der Waals surface area contributed by atoms with Crippen molar-refractivity contribution >= 4 is 0 Å². The zero-order valence-electron chi connectivity index (χ0n) is 11.1. The molecule has 0 aliphatic carbocycles. The minimum atomic E-state index is 0.204. The monoisotopic (exact) mass is 256 g/mol. The number of benzene rings is 1. The smallest absolute Gasteiger partial charge is 0.252 e. The predicted molar refractivity (Wildman–Crippen MR) is 70.8 cm³/mol. The van der Waals surface area contributed by atoms with Gasteiger partial charge in [0.15, 0.2) is 0 Å². The van der Waals surface area contributed by atoms with E-state index in [1.54, 1.807) is 11.0 Å².